The number of carboxylic acids is 2. The van der Waals surface area contributed by atoms with Gasteiger partial charge in [-0.3, -0.25) is 9.59 Å². The van der Waals surface area contributed by atoms with Gasteiger partial charge in [0.15, 0.2) is 0 Å². The van der Waals surface area contributed by atoms with Crippen LogP contribution in [-0.4, -0.2) is 22.2 Å². The fourth-order valence-corrected chi connectivity index (χ4v) is 3.85. The molecule has 4 nitrogen and oxygen atoms in total. The van der Waals surface area contributed by atoms with Crippen LogP contribution in [0, 0.1) is 54.3 Å². The first-order valence-corrected chi connectivity index (χ1v) is 16.5. The van der Waals surface area contributed by atoms with Crippen molar-refractivity contribution in [3.63, 3.8) is 0 Å². The van der Waals surface area contributed by atoms with Crippen LogP contribution in [-0.2, 0) is 22.4 Å². The first kappa shape index (κ1) is 52.9. The molecule has 0 aliphatic heterocycles. The smallest absolute Gasteiger partial charge is 0.307 e. The number of rotatable bonds is 12. The van der Waals surface area contributed by atoms with Crippen molar-refractivity contribution >= 4 is 11.9 Å². The van der Waals surface area contributed by atoms with Gasteiger partial charge >= 0.3 is 11.9 Å². The van der Waals surface area contributed by atoms with Crippen LogP contribution in [0.15, 0.2) is 54.6 Å². The van der Waals surface area contributed by atoms with Gasteiger partial charge in [0, 0.05) is 0 Å². The molecule has 0 radical (unpaired) electrons. The number of hydrogen-bond donors (Lipinski definition) is 2. The molecular weight excluding hydrogens is 568 g/mol. The molecule has 0 saturated carbocycles. The summed E-state index contributed by atoms with van der Waals surface area (Å²) in [5.74, 6) is 1.86. The van der Waals surface area contributed by atoms with Gasteiger partial charge in [-0.1, -0.05) is 178 Å². The minimum Gasteiger partial charge on any atom is -0.481 e. The third-order valence-corrected chi connectivity index (χ3v) is 8.33. The highest BCUT2D eigenvalue weighted by Gasteiger charge is 2.22. The van der Waals surface area contributed by atoms with Crippen LogP contribution < -0.4 is 0 Å². The SMILES string of the molecule is C.C.C.CC(C)C(C)C.CC(C)[C@@H](Cc1ccccc1)C(=O)O.CCC[C@@H](C)C(C)C.Cc1ccc(C[C@@H](C(=O)O)C(C)C)cc1. The van der Waals surface area contributed by atoms with E-state index >= 15 is 0 Å². The van der Waals surface area contributed by atoms with Crippen LogP contribution in [0.5, 0.6) is 0 Å². The third-order valence-electron chi connectivity index (χ3n) is 8.33. The van der Waals surface area contributed by atoms with E-state index in [0.717, 1.165) is 34.8 Å². The highest BCUT2D eigenvalue weighted by Crippen LogP contribution is 2.19. The largest absolute Gasteiger partial charge is 0.481 e. The highest BCUT2D eigenvalue weighted by atomic mass is 16.4. The van der Waals surface area contributed by atoms with Crippen molar-refractivity contribution in [3.8, 4) is 0 Å². The molecule has 0 spiro atoms. The molecule has 2 rings (SSSR count). The molecule has 0 aliphatic rings. The summed E-state index contributed by atoms with van der Waals surface area (Å²) in [6.45, 7) is 27.9. The lowest BCUT2D eigenvalue weighted by molar-refractivity contribution is -0.144. The average Bonchev–Trinajstić information content (AvgIpc) is 2.92. The van der Waals surface area contributed by atoms with E-state index in [1.165, 1.54) is 18.4 Å². The van der Waals surface area contributed by atoms with Crippen LogP contribution >= 0.6 is 0 Å². The Morgan fingerprint density at radius 3 is 1.13 bits per heavy atom. The maximum absolute atomic E-state index is 11.0. The van der Waals surface area contributed by atoms with Gasteiger partial charge in [0.25, 0.3) is 0 Å². The predicted molar refractivity (Wildman–Crippen MR) is 206 cm³/mol. The van der Waals surface area contributed by atoms with Crippen molar-refractivity contribution in [2.75, 3.05) is 0 Å². The summed E-state index contributed by atoms with van der Waals surface area (Å²) in [5, 5.41) is 18.1. The monoisotopic (exact) mass is 647 g/mol. The molecule has 2 aromatic rings. The van der Waals surface area contributed by atoms with Crippen LogP contribution in [0.3, 0.4) is 0 Å². The topological polar surface area (TPSA) is 74.6 Å². The lowest BCUT2D eigenvalue weighted by Gasteiger charge is -2.16. The molecule has 0 unspecified atom stereocenters. The summed E-state index contributed by atoms with van der Waals surface area (Å²) in [5.41, 5.74) is 3.39. The van der Waals surface area contributed by atoms with Gasteiger partial charge in [-0.15, -0.1) is 0 Å². The van der Waals surface area contributed by atoms with E-state index in [1.54, 1.807) is 0 Å². The Morgan fingerprint density at radius 2 is 0.891 bits per heavy atom. The fraction of sp³-hybridized carbons (Fsp3) is 0.667. The van der Waals surface area contributed by atoms with Crippen molar-refractivity contribution in [2.24, 2.45) is 47.3 Å². The van der Waals surface area contributed by atoms with E-state index in [1.807, 2.05) is 89.2 Å². The summed E-state index contributed by atoms with van der Waals surface area (Å²) in [7, 11) is 0. The minimum absolute atomic E-state index is 0. The van der Waals surface area contributed by atoms with Crippen LogP contribution in [0.2, 0.25) is 0 Å². The number of carbonyl (C=O) groups is 2. The van der Waals surface area contributed by atoms with Crippen LogP contribution in [0.1, 0.15) is 135 Å². The number of benzene rings is 2. The van der Waals surface area contributed by atoms with E-state index in [-0.39, 0.29) is 46.0 Å². The maximum Gasteiger partial charge on any atom is 0.307 e. The molecule has 3 atom stereocenters. The van der Waals surface area contributed by atoms with E-state index in [2.05, 4.69) is 55.4 Å². The second kappa shape index (κ2) is 29.8. The maximum atomic E-state index is 11.0. The lowest BCUT2D eigenvalue weighted by Crippen LogP contribution is -2.22. The Labute approximate surface area is 287 Å². The first-order valence-electron chi connectivity index (χ1n) is 16.5. The van der Waals surface area contributed by atoms with Gasteiger partial charge in [-0.2, -0.15) is 0 Å². The van der Waals surface area contributed by atoms with E-state index in [4.69, 9.17) is 10.2 Å². The average molecular weight is 647 g/mol. The first-order chi connectivity index (χ1) is 19.9. The summed E-state index contributed by atoms with van der Waals surface area (Å²) < 4.78 is 0. The third kappa shape index (κ3) is 26.6. The number of carboxylic acid groups (broad SMARTS) is 2. The Bertz CT molecular complexity index is 953. The minimum atomic E-state index is -0.705. The molecule has 46 heavy (non-hydrogen) atoms. The van der Waals surface area contributed by atoms with Crippen LogP contribution in [0.4, 0.5) is 0 Å². The summed E-state index contributed by atoms with van der Waals surface area (Å²) in [6, 6.07) is 17.8. The zero-order valence-electron chi connectivity index (χ0n) is 29.9. The Kier molecular flexibility index (Phi) is 34.2. The van der Waals surface area contributed by atoms with E-state index in [0.29, 0.717) is 12.8 Å². The molecule has 0 saturated heterocycles. The highest BCUT2D eigenvalue weighted by molar-refractivity contribution is 5.71. The van der Waals surface area contributed by atoms with Crippen LogP contribution in [0.25, 0.3) is 0 Å². The van der Waals surface area contributed by atoms with Crippen molar-refractivity contribution in [1.29, 1.82) is 0 Å². The molecule has 0 amide bonds. The summed E-state index contributed by atoms with van der Waals surface area (Å²) in [6.07, 6.45) is 3.96. The van der Waals surface area contributed by atoms with E-state index in [9.17, 15) is 9.59 Å². The molecule has 270 valence electrons. The standard InChI is InChI=1S/C13H18O2.C12H16O2.C8H18.C6H14.3CH4/c1-9(2)12(13(14)15)8-11-6-4-10(3)5-7-11;1-9(2)11(12(13)14)8-10-6-4-3-5-7-10;1-5-6-8(4)7(2)3;1-5(2)6(3)4;;;/h4-7,9,12H,8H2,1-3H3,(H,14,15);3-7,9,11H,8H2,1-2H3,(H,13,14);7-8H,5-6H2,1-4H3;5-6H,1-4H3;3*1H4/t12-;11-;8-;;;;/m111..../s1. The molecule has 4 heteroatoms. The molecule has 0 aromatic heterocycles. The number of hydrogen-bond acceptors (Lipinski definition) is 2. The van der Waals surface area contributed by atoms with E-state index < -0.39 is 11.9 Å². The number of aryl methyl sites for hydroxylation is 1. The summed E-state index contributed by atoms with van der Waals surface area (Å²) in [4.78, 5) is 22.0. The quantitative estimate of drug-likeness (QED) is 0.241. The van der Waals surface area contributed by atoms with Gasteiger partial charge in [0.2, 0.25) is 0 Å². The lowest BCUT2D eigenvalue weighted by atomic mass is 9.89. The second-order valence-corrected chi connectivity index (χ2v) is 13.8. The van der Waals surface area contributed by atoms with Gasteiger partial charge in [-0.25, -0.2) is 0 Å². The second-order valence-electron chi connectivity index (χ2n) is 13.8. The zero-order chi connectivity index (χ0) is 33.7. The molecule has 2 aromatic carbocycles. The van der Waals surface area contributed by atoms with Crippen molar-refractivity contribution in [1.82, 2.24) is 0 Å². The molecule has 0 heterocycles. The normalized spacial score (nSPS) is 12.0. The fourth-order valence-electron chi connectivity index (χ4n) is 3.85. The van der Waals surface area contributed by atoms with Gasteiger partial charge in [0.05, 0.1) is 11.8 Å². The van der Waals surface area contributed by atoms with Gasteiger partial charge in [0.1, 0.15) is 0 Å². The predicted octanol–water partition coefficient (Wildman–Crippen LogP) is 12.8. The molecule has 0 aliphatic carbocycles. The molecule has 2 N–H and O–H groups in total. The number of aliphatic carboxylic acids is 2. The van der Waals surface area contributed by atoms with Crippen molar-refractivity contribution in [2.45, 2.75) is 138 Å². The zero-order valence-corrected chi connectivity index (χ0v) is 29.9. The van der Waals surface area contributed by atoms with Crippen molar-refractivity contribution in [3.05, 3.63) is 71.3 Å². The molecule has 0 bridgehead atoms. The van der Waals surface area contributed by atoms with Gasteiger partial charge < -0.3 is 10.2 Å². The summed E-state index contributed by atoms with van der Waals surface area (Å²) >= 11 is 0. The van der Waals surface area contributed by atoms with Crippen molar-refractivity contribution < 1.29 is 19.8 Å². The molecular formula is C42H78O4. The van der Waals surface area contributed by atoms with Gasteiger partial charge in [-0.05, 0) is 66.4 Å². The molecule has 0 fully saturated rings. The Hall–Kier alpha value is -2.62. The Balaban J connectivity index is -0.000000168. The Morgan fingerprint density at radius 1 is 0.543 bits per heavy atom.